The average molecular weight is 452 g/mol. The van der Waals surface area contributed by atoms with E-state index in [4.69, 9.17) is 9.72 Å². The molecular formula is C25H33N5O3. The number of hydrogen-bond acceptors (Lipinski definition) is 5. The van der Waals surface area contributed by atoms with Crippen LogP contribution in [0.5, 0.6) is 0 Å². The fraction of sp³-hybridized carbons (Fsp3) is 0.440. The van der Waals surface area contributed by atoms with Gasteiger partial charge in [0, 0.05) is 18.2 Å². The van der Waals surface area contributed by atoms with Gasteiger partial charge in [0.1, 0.15) is 5.60 Å². The zero-order valence-electron chi connectivity index (χ0n) is 20.4. The fourth-order valence-corrected chi connectivity index (χ4v) is 3.37. The molecule has 0 spiro atoms. The van der Waals surface area contributed by atoms with Gasteiger partial charge in [-0.15, -0.1) is 0 Å². The maximum absolute atomic E-state index is 13.4. The van der Waals surface area contributed by atoms with Crippen molar-refractivity contribution in [2.45, 2.75) is 65.6 Å². The van der Waals surface area contributed by atoms with Gasteiger partial charge in [0.15, 0.2) is 5.65 Å². The van der Waals surface area contributed by atoms with E-state index >= 15 is 0 Å². The Morgan fingerprint density at radius 3 is 2.36 bits per heavy atom. The molecule has 33 heavy (non-hydrogen) atoms. The molecule has 2 amide bonds. The summed E-state index contributed by atoms with van der Waals surface area (Å²) in [7, 11) is 0. The van der Waals surface area contributed by atoms with Gasteiger partial charge in [-0.2, -0.15) is 5.10 Å². The molecule has 0 aliphatic heterocycles. The third kappa shape index (κ3) is 6.09. The molecule has 0 radical (unpaired) electrons. The molecule has 0 aliphatic rings. The first-order chi connectivity index (χ1) is 15.4. The molecule has 0 aliphatic carbocycles. The van der Waals surface area contributed by atoms with E-state index in [9.17, 15) is 9.59 Å². The van der Waals surface area contributed by atoms with Crippen LogP contribution in [0.25, 0.3) is 22.3 Å². The number of fused-ring (bicyclic) bond motifs is 1. The van der Waals surface area contributed by atoms with Gasteiger partial charge in [0.05, 0.1) is 28.4 Å². The van der Waals surface area contributed by atoms with Crippen molar-refractivity contribution in [3.05, 3.63) is 48.2 Å². The highest BCUT2D eigenvalue weighted by molar-refractivity contribution is 6.06. The van der Waals surface area contributed by atoms with Gasteiger partial charge >= 0.3 is 6.09 Å². The number of carbonyl (C=O) groups is 2. The Morgan fingerprint density at radius 2 is 1.76 bits per heavy atom. The van der Waals surface area contributed by atoms with Crippen LogP contribution >= 0.6 is 0 Å². The Morgan fingerprint density at radius 1 is 1.09 bits per heavy atom. The van der Waals surface area contributed by atoms with Crippen molar-refractivity contribution in [3.8, 4) is 11.3 Å². The summed E-state index contributed by atoms with van der Waals surface area (Å²) in [5, 5.41) is 10.9. The number of nitrogens with zero attached hydrogens (tertiary/aromatic N) is 3. The highest BCUT2D eigenvalue weighted by Crippen LogP contribution is 2.26. The van der Waals surface area contributed by atoms with Crippen LogP contribution in [0.3, 0.4) is 0 Å². The number of amides is 2. The number of hydrogen-bond donors (Lipinski definition) is 2. The largest absolute Gasteiger partial charge is 0.444 e. The molecule has 3 rings (SSSR count). The van der Waals surface area contributed by atoms with Crippen molar-refractivity contribution in [3.63, 3.8) is 0 Å². The topological polar surface area (TPSA) is 98.1 Å². The number of nitrogens with one attached hydrogen (secondary N) is 2. The summed E-state index contributed by atoms with van der Waals surface area (Å²) >= 11 is 0. The molecule has 0 unspecified atom stereocenters. The van der Waals surface area contributed by atoms with Gasteiger partial charge in [0.2, 0.25) is 0 Å². The lowest BCUT2D eigenvalue weighted by molar-refractivity contribution is 0.0509. The lowest BCUT2D eigenvalue weighted by atomic mass is 10.0. The standard InChI is InChI=1S/C25H33N5O3/c1-16(2)30-21-19(14-27-30)18(13-20(28-21)17-11-9-8-10-12-17)22(31)29-25(6,7)15-26-23(32)33-24(3,4)5/h8-14,16H,15H2,1-7H3,(H,26,32)(H,29,31). The molecule has 1 aromatic carbocycles. The highest BCUT2D eigenvalue weighted by atomic mass is 16.6. The van der Waals surface area contributed by atoms with Crippen LogP contribution < -0.4 is 10.6 Å². The summed E-state index contributed by atoms with van der Waals surface area (Å²) in [6.07, 6.45) is 1.15. The minimum absolute atomic E-state index is 0.0893. The molecule has 2 aromatic heterocycles. The summed E-state index contributed by atoms with van der Waals surface area (Å²) in [5.74, 6) is -0.265. The predicted molar refractivity (Wildman–Crippen MR) is 129 cm³/mol. The first-order valence-electron chi connectivity index (χ1n) is 11.1. The zero-order chi connectivity index (χ0) is 24.4. The molecule has 0 atom stereocenters. The molecule has 2 heterocycles. The number of aromatic nitrogens is 3. The summed E-state index contributed by atoms with van der Waals surface area (Å²) in [4.78, 5) is 30.2. The van der Waals surface area contributed by atoms with Crippen LogP contribution in [0.15, 0.2) is 42.6 Å². The number of pyridine rings is 1. The quantitative estimate of drug-likeness (QED) is 0.565. The monoisotopic (exact) mass is 451 g/mol. The van der Waals surface area contributed by atoms with Crippen LogP contribution in [0.4, 0.5) is 4.79 Å². The van der Waals surface area contributed by atoms with Crippen molar-refractivity contribution in [1.82, 2.24) is 25.4 Å². The Hall–Kier alpha value is -3.42. The fourth-order valence-electron chi connectivity index (χ4n) is 3.37. The number of alkyl carbamates (subject to hydrolysis) is 1. The maximum atomic E-state index is 13.4. The summed E-state index contributed by atoms with van der Waals surface area (Å²) in [6.45, 7) is 13.3. The van der Waals surface area contributed by atoms with E-state index in [0.717, 1.165) is 5.56 Å². The van der Waals surface area contributed by atoms with Crippen LogP contribution in [0.1, 0.15) is 64.9 Å². The van der Waals surface area contributed by atoms with Gasteiger partial charge in [-0.3, -0.25) is 4.79 Å². The van der Waals surface area contributed by atoms with Gasteiger partial charge in [-0.1, -0.05) is 30.3 Å². The van der Waals surface area contributed by atoms with E-state index in [-0.39, 0.29) is 18.5 Å². The van der Waals surface area contributed by atoms with E-state index in [2.05, 4.69) is 15.7 Å². The first-order valence-corrected chi connectivity index (χ1v) is 11.1. The Kier molecular flexibility index (Phi) is 6.76. The molecule has 0 saturated carbocycles. The van der Waals surface area contributed by atoms with E-state index in [0.29, 0.717) is 22.3 Å². The third-order valence-electron chi connectivity index (χ3n) is 4.90. The van der Waals surface area contributed by atoms with Crippen molar-refractivity contribution < 1.29 is 14.3 Å². The second-order valence-electron chi connectivity index (χ2n) is 10.0. The second-order valence-corrected chi connectivity index (χ2v) is 10.0. The number of rotatable bonds is 6. The summed E-state index contributed by atoms with van der Waals surface area (Å²) < 4.78 is 7.10. The Balaban J connectivity index is 1.90. The zero-order valence-corrected chi connectivity index (χ0v) is 20.4. The van der Waals surface area contributed by atoms with Crippen molar-refractivity contribution in [2.24, 2.45) is 0 Å². The molecule has 8 heteroatoms. The predicted octanol–water partition coefficient (Wildman–Crippen LogP) is 4.71. The molecule has 3 aromatic rings. The molecular weight excluding hydrogens is 418 g/mol. The van der Waals surface area contributed by atoms with Gasteiger partial charge in [-0.25, -0.2) is 14.5 Å². The molecule has 2 N–H and O–H groups in total. The highest BCUT2D eigenvalue weighted by Gasteiger charge is 2.26. The number of benzene rings is 1. The van der Waals surface area contributed by atoms with Crippen molar-refractivity contribution in [1.29, 1.82) is 0 Å². The normalized spacial score (nSPS) is 12.1. The van der Waals surface area contributed by atoms with Crippen LogP contribution in [0.2, 0.25) is 0 Å². The van der Waals surface area contributed by atoms with E-state index in [1.54, 1.807) is 33.0 Å². The summed E-state index contributed by atoms with van der Waals surface area (Å²) in [5.41, 5.74) is 1.43. The second kappa shape index (κ2) is 9.21. The molecule has 176 valence electrons. The maximum Gasteiger partial charge on any atom is 0.407 e. The molecule has 0 fully saturated rings. The van der Waals surface area contributed by atoms with Crippen molar-refractivity contribution in [2.75, 3.05) is 6.54 Å². The van der Waals surface area contributed by atoms with Crippen molar-refractivity contribution >= 4 is 23.0 Å². The van der Waals surface area contributed by atoms with E-state index in [1.807, 2.05) is 62.7 Å². The minimum atomic E-state index is -0.718. The lowest BCUT2D eigenvalue weighted by Gasteiger charge is -2.28. The van der Waals surface area contributed by atoms with Gasteiger partial charge in [0.25, 0.3) is 5.91 Å². The van der Waals surface area contributed by atoms with Gasteiger partial charge < -0.3 is 15.4 Å². The van der Waals surface area contributed by atoms with E-state index < -0.39 is 17.2 Å². The van der Waals surface area contributed by atoms with Crippen LogP contribution in [-0.4, -0.2) is 44.4 Å². The smallest absolute Gasteiger partial charge is 0.407 e. The van der Waals surface area contributed by atoms with E-state index in [1.165, 1.54) is 0 Å². The third-order valence-corrected chi connectivity index (χ3v) is 4.90. The van der Waals surface area contributed by atoms with Gasteiger partial charge in [-0.05, 0) is 54.5 Å². The molecule has 0 saturated heterocycles. The Bertz CT molecular complexity index is 1140. The molecule has 8 nitrogen and oxygen atoms in total. The number of ether oxygens (including phenoxy) is 1. The molecule has 0 bridgehead atoms. The Labute approximate surface area is 194 Å². The first kappa shape index (κ1) is 24.2. The minimum Gasteiger partial charge on any atom is -0.444 e. The number of carbonyl (C=O) groups excluding carboxylic acids is 2. The SMILES string of the molecule is CC(C)n1ncc2c(C(=O)NC(C)(C)CNC(=O)OC(C)(C)C)cc(-c3ccccc3)nc21. The van der Waals surface area contributed by atoms with Crippen LogP contribution in [-0.2, 0) is 4.74 Å². The van der Waals surface area contributed by atoms with Crippen LogP contribution in [0, 0.1) is 0 Å². The lowest BCUT2D eigenvalue weighted by Crippen LogP contribution is -2.52. The summed E-state index contributed by atoms with van der Waals surface area (Å²) in [6, 6.07) is 11.6. The average Bonchev–Trinajstić information content (AvgIpc) is 3.15.